The number of nitrogens with two attached hydrogens (primary N) is 1. The molecular formula is C16H25NO. The highest BCUT2D eigenvalue weighted by atomic mass is 16.5. The molecule has 2 heteroatoms. The molecule has 0 aromatic heterocycles. The van der Waals surface area contributed by atoms with E-state index in [2.05, 4.69) is 32.0 Å². The summed E-state index contributed by atoms with van der Waals surface area (Å²) in [6.07, 6.45) is 5.84. The predicted octanol–water partition coefficient (Wildman–Crippen LogP) is 3.85. The van der Waals surface area contributed by atoms with Gasteiger partial charge in [-0.15, -0.1) is 0 Å². The topological polar surface area (TPSA) is 35.2 Å². The van der Waals surface area contributed by atoms with Crippen LogP contribution in [0.1, 0.15) is 57.4 Å². The Hall–Kier alpha value is -1.02. The zero-order valence-electron chi connectivity index (χ0n) is 11.6. The second-order valence-electron chi connectivity index (χ2n) is 5.86. The average molecular weight is 247 g/mol. The summed E-state index contributed by atoms with van der Waals surface area (Å²) in [5.41, 5.74) is 7.66. The molecule has 1 aromatic carbocycles. The smallest absolute Gasteiger partial charge is 0.122 e. The predicted molar refractivity (Wildman–Crippen MR) is 76.0 cm³/mol. The van der Waals surface area contributed by atoms with Gasteiger partial charge in [-0.25, -0.2) is 0 Å². The maximum Gasteiger partial charge on any atom is 0.122 e. The van der Waals surface area contributed by atoms with Crippen molar-refractivity contribution in [2.45, 2.75) is 57.4 Å². The molecule has 0 bridgehead atoms. The summed E-state index contributed by atoms with van der Waals surface area (Å²) in [4.78, 5) is 0. The van der Waals surface area contributed by atoms with Crippen LogP contribution in [0, 0.1) is 0 Å². The van der Waals surface area contributed by atoms with Crippen molar-refractivity contribution in [3.05, 3.63) is 29.8 Å². The molecule has 0 aliphatic heterocycles. The molecule has 0 saturated heterocycles. The number of ether oxygens (including phenoxy) is 1. The lowest BCUT2D eigenvalue weighted by molar-refractivity contribution is 0.256. The summed E-state index contributed by atoms with van der Waals surface area (Å²) in [5, 5.41) is 0. The largest absolute Gasteiger partial charge is 0.493 e. The third kappa shape index (κ3) is 3.26. The lowest BCUT2D eigenvalue weighted by Gasteiger charge is -2.24. The molecule has 0 heterocycles. The Bertz CT molecular complexity index is 380. The van der Waals surface area contributed by atoms with Gasteiger partial charge < -0.3 is 10.5 Å². The van der Waals surface area contributed by atoms with Gasteiger partial charge in [0.15, 0.2) is 0 Å². The van der Waals surface area contributed by atoms with E-state index in [1.54, 1.807) is 0 Å². The van der Waals surface area contributed by atoms with Crippen LogP contribution in [0.25, 0.3) is 0 Å². The van der Waals surface area contributed by atoms with E-state index in [0.717, 1.165) is 31.6 Å². The Balaban J connectivity index is 1.90. The third-order valence-corrected chi connectivity index (χ3v) is 4.00. The molecule has 1 aliphatic rings. The van der Waals surface area contributed by atoms with Crippen LogP contribution in [0.2, 0.25) is 0 Å². The molecule has 0 spiro atoms. The van der Waals surface area contributed by atoms with Crippen LogP contribution in [0.4, 0.5) is 0 Å². The standard InChI is InChI=1S/C16H25NO/c1-13(2)14-7-3-4-8-15(14)18-12-11-16(17)9-5-6-10-16/h3-4,7-8,13H,5-6,9-12,17H2,1-2H3. The molecule has 18 heavy (non-hydrogen) atoms. The van der Waals surface area contributed by atoms with Crippen molar-refractivity contribution in [1.82, 2.24) is 0 Å². The van der Waals surface area contributed by atoms with Crippen molar-refractivity contribution in [2.75, 3.05) is 6.61 Å². The highest BCUT2D eigenvalue weighted by Gasteiger charge is 2.28. The molecule has 1 saturated carbocycles. The molecule has 0 amide bonds. The summed E-state index contributed by atoms with van der Waals surface area (Å²) >= 11 is 0. The number of benzene rings is 1. The van der Waals surface area contributed by atoms with Crippen molar-refractivity contribution in [2.24, 2.45) is 5.73 Å². The normalized spacial score (nSPS) is 18.2. The molecule has 0 atom stereocenters. The number of para-hydroxylation sites is 1. The summed E-state index contributed by atoms with van der Waals surface area (Å²) in [7, 11) is 0. The van der Waals surface area contributed by atoms with Crippen LogP contribution in [-0.2, 0) is 0 Å². The fourth-order valence-corrected chi connectivity index (χ4v) is 2.78. The van der Waals surface area contributed by atoms with Gasteiger partial charge in [0.05, 0.1) is 6.61 Å². The SMILES string of the molecule is CC(C)c1ccccc1OCCC1(N)CCCC1. The molecule has 100 valence electrons. The van der Waals surface area contributed by atoms with Crippen LogP contribution in [0.3, 0.4) is 0 Å². The monoisotopic (exact) mass is 247 g/mol. The van der Waals surface area contributed by atoms with Gasteiger partial charge >= 0.3 is 0 Å². The minimum absolute atomic E-state index is 0.0345. The third-order valence-electron chi connectivity index (χ3n) is 4.00. The van der Waals surface area contributed by atoms with Crippen LogP contribution in [0.5, 0.6) is 5.75 Å². The summed E-state index contributed by atoms with van der Waals surface area (Å²) in [6.45, 7) is 5.13. The zero-order valence-corrected chi connectivity index (χ0v) is 11.6. The lowest BCUT2D eigenvalue weighted by atomic mass is 9.95. The Morgan fingerprint density at radius 1 is 1.22 bits per heavy atom. The Morgan fingerprint density at radius 2 is 1.89 bits per heavy atom. The maximum atomic E-state index is 6.34. The van der Waals surface area contributed by atoms with Crippen molar-refractivity contribution >= 4 is 0 Å². The number of rotatable bonds is 5. The van der Waals surface area contributed by atoms with E-state index in [9.17, 15) is 0 Å². The lowest BCUT2D eigenvalue weighted by Crippen LogP contribution is -2.37. The van der Waals surface area contributed by atoms with Crippen molar-refractivity contribution in [3.8, 4) is 5.75 Å². The first-order valence-electron chi connectivity index (χ1n) is 7.11. The van der Waals surface area contributed by atoms with Crippen molar-refractivity contribution in [1.29, 1.82) is 0 Å². The molecule has 0 unspecified atom stereocenters. The molecule has 2 nitrogen and oxygen atoms in total. The molecule has 1 aromatic rings. The van der Waals surface area contributed by atoms with Gasteiger partial charge in [-0.05, 0) is 36.8 Å². The van der Waals surface area contributed by atoms with Gasteiger partial charge in [0, 0.05) is 5.54 Å². The highest BCUT2D eigenvalue weighted by molar-refractivity contribution is 5.35. The Labute approximate surface area is 111 Å². The molecule has 1 fully saturated rings. The van der Waals surface area contributed by atoms with Crippen LogP contribution < -0.4 is 10.5 Å². The van der Waals surface area contributed by atoms with Crippen molar-refractivity contribution < 1.29 is 4.74 Å². The van der Waals surface area contributed by atoms with E-state index >= 15 is 0 Å². The first kappa shape index (κ1) is 13.4. The highest BCUT2D eigenvalue weighted by Crippen LogP contribution is 2.31. The maximum absolute atomic E-state index is 6.34. The minimum Gasteiger partial charge on any atom is -0.493 e. The Morgan fingerprint density at radius 3 is 2.56 bits per heavy atom. The summed E-state index contributed by atoms with van der Waals surface area (Å²) in [6, 6.07) is 8.32. The van der Waals surface area contributed by atoms with Gasteiger partial charge in [0.1, 0.15) is 5.75 Å². The number of hydrogen-bond donors (Lipinski definition) is 1. The second kappa shape index (κ2) is 5.75. The van der Waals surface area contributed by atoms with E-state index in [1.807, 2.05) is 6.07 Å². The van der Waals surface area contributed by atoms with Crippen molar-refractivity contribution in [3.63, 3.8) is 0 Å². The number of hydrogen-bond acceptors (Lipinski definition) is 2. The summed E-state index contributed by atoms with van der Waals surface area (Å²) in [5.74, 6) is 1.52. The summed E-state index contributed by atoms with van der Waals surface area (Å²) < 4.78 is 5.95. The van der Waals surface area contributed by atoms with Crippen LogP contribution in [-0.4, -0.2) is 12.1 Å². The van der Waals surface area contributed by atoms with Gasteiger partial charge in [0.2, 0.25) is 0 Å². The first-order chi connectivity index (χ1) is 8.61. The Kier molecular flexibility index (Phi) is 4.28. The second-order valence-corrected chi connectivity index (χ2v) is 5.86. The zero-order chi connectivity index (χ0) is 13.0. The molecule has 1 aliphatic carbocycles. The fraction of sp³-hybridized carbons (Fsp3) is 0.625. The average Bonchev–Trinajstić information content (AvgIpc) is 2.77. The van der Waals surface area contributed by atoms with E-state index in [-0.39, 0.29) is 5.54 Å². The van der Waals surface area contributed by atoms with E-state index in [1.165, 1.54) is 18.4 Å². The van der Waals surface area contributed by atoms with Gasteiger partial charge in [-0.2, -0.15) is 0 Å². The van der Waals surface area contributed by atoms with E-state index in [4.69, 9.17) is 10.5 Å². The van der Waals surface area contributed by atoms with Gasteiger partial charge in [-0.1, -0.05) is 44.9 Å². The van der Waals surface area contributed by atoms with E-state index in [0.29, 0.717) is 5.92 Å². The molecular weight excluding hydrogens is 222 g/mol. The van der Waals surface area contributed by atoms with Crippen LogP contribution >= 0.6 is 0 Å². The molecule has 2 rings (SSSR count). The fourth-order valence-electron chi connectivity index (χ4n) is 2.78. The van der Waals surface area contributed by atoms with Crippen LogP contribution in [0.15, 0.2) is 24.3 Å². The minimum atomic E-state index is 0.0345. The quantitative estimate of drug-likeness (QED) is 0.857. The van der Waals surface area contributed by atoms with Gasteiger partial charge in [-0.3, -0.25) is 0 Å². The first-order valence-corrected chi connectivity index (χ1v) is 7.11. The van der Waals surface area contributed by atoms with E-state index < -0.39 is 0 Å². The van der Waals surface area contributed by atoms with Gasteiger partial charge in [0.25, 0.3) is 0 Å². The molecule has 2 N–H and O–H groups in total. The molecule has 0 radical (unpaired) electrons.